The maximum Gasteiger partial charge on any atom is 0.232 e. The predicted octanol–water partition coefficient (Wildman–Crippen LogP) is 7.73. The van der Waals surface area contributed by atoms with Crippen LogP contribution in [0.15, 0.2) is 58.3 Å². The number of nitrogen functional groups attached to an aromatic ring is 1. The van der Waals surface area contributed by atoms with Gasteiger partial charge in [0.2, 0.25) is 9.05 Å². The molecule has 0 heterocycles. The number of unbranched alkanes of at least 4 members (excludes halogenated alkanes) is 12. The summed E-state index contributed by atoms with van der Waals surface area (Å²) in [6.07, 6.45) is 17.5. The highest BCUT2D eigenvalue weighted by atomic mass is 35.7. The Kier molecular flexibility index (Phi) is 22.8. The molecule has 2 N–H and O–H groups in total. The molecule has 0 aliphatic carbocycles. The van der Waals surface area contributed by atoms with E-state index >= 15 is 0 Å². The highest BCUT2D eigenvalue weighted by molar-refractivity contribution is 8.13. The maximum atomic E-state index is 12.2. The molecule has 0 bridgehead atoms. The Balaban J connectivity index is 0.000000744. The lowest BCUT2D eigenvalue weighted by Gasteiger charge is -2.09. The highest BCUT2D eigenvalue weighted by Crippen LogP contribution is 2.19. The van der Waals surface area contributed by atoms with Crippen molar-refractivity contribution < 1.29 is 33.7 Å². The Hall–Kier alpha value is -1.67. The second-order valence-electron chi connectivity index (χ2n) is 11.8. The highest BCUT2D eigenvalue weighted by Gasteiger charge is 2.18. The van der Waals surface area contributed by atoms with E-state index in [0.717, 1.165) is 44.6 Å². The second-order valence-corrected chi connectivity index (χ2v) is 20.8. The van der Waals surface area contributed by atoms with Crippen molar-refractivity contribution in [2.75, 3.05) is 29.8 Å². The van der Waals surface area contributed by atoms with E-state index in [1.54, 1.807) is 36.4 Å². The summed E-state index contributed by atoms with van der Waals surface area (Å²) in [5.41, 5.74) is 6.10. The molecule has 0 aliphatic heterocycles. The van der Waals surface area contributed by atoms with Crippen LogP contribution in [0.1, 0.15) is 109 Å². The summed E-state index contributed by atoms with van der Waals surface area (Å²) < 4.78 is 90.9. The number of anilines is 1. The molecule has 272 valence electrons. The zero-order chi connectivity index (χ0) is 36.0. The molecule has 0 aliphatic rings. The van der Waals surface area contributed by atoms with E-state index in [1.165, 1.54) is 57.1 Å². The molecule has 0 amide bonds. The minimum atomic E-state index is -3.41. The Morgan fingerprint density at radius 2 is 0.915 bits per heavy atom. The summed E-state index contributed by atoms with van der Waals surface area (Å²) in [5.74, 6) is 0.0489. The van der Waals surface area contributed by atoms with Crippen molar-refractivity contribution in [1.29, 1.82) is 0 Å². The topological polar surface area (TPSA) is 163 Å². The molecular formula is C33H56ClNO8S4. The molecule has 2 aromatic carbocycles. The van der Waals surface area contributed by atoms with Crippen molar-refractivity contribution in [3.8, 4) is 0 Å². The molecule has 9 nitrogen and oxygen atoms in total. The van der Waals surface area contributed by atoms with Gasteiger partial charge in [-0.1, -0.05) is 121 Å². The van der Waals surface area contributed by atoms with Crippen molar-refractivity contribution in [3.63, 3.8) is 0 Å². The van der Waals surface area contributed by atoms with Crippen LogP contribution in [0, 0.1) is 0 Å². The summed E-state index contributed by atoms with van der Waals surface area (Å²) in [6.45, 7) is 4.35. The Bertz CT molecular complexity index is 1590. The third-order valence-electron chi connectivity index (χ3n) is 7.12. The second kappa shape index (κ2) is 23.6. The molecule has 0 radical (unpaired) electrons. The molecule has 0 spiro atoms. The van der Waals surface area contributed by atoms with Crippen LogP contribution in [0.4, 0.5) is 5.69 Å². The van der Waals surface area contributed by atoms with Crippen LogP contribution in [0.3, 0.4) is 0 Å². The number of rotatable bonds is 20. The normalized spacial score (nSPS) is 12.0. The number of hydrogen-bond donors (Lipinski definition) is 1. The average Bonchev–Trinajstić information content (AvgIpc) is 2.95. The number of benzene rings is 2. The predicted molar refractivity (Wildman–Crippen MR) is 197 cm³/mol. The number of nitrogens with two attached hydrogens (primary N) is 1. The molecule has 0 saturated heterocycles. The first-order valence-corrected chi connectivity index (χ1v) is 24.4. The molecule has 0 atom stereocenters. The maximum absolute atomic E-state index is 12.2. The van der Waals surface area contributed by atoms with E-state index in [2.05, 4.69) is 13.8 Å². The number of hydrogen-bond acceptors (Lipinski definition) is 9. The van der Waals surface area contributed by atoms with Gasteiger partial charge in [-0.25, -0.2) is 33.7 Å². The van der Waals surface area contributed by atoms with Gasteiger partial charge in [0.1, 0.15) is 0 Å². The first-order valence-electron chi connectivity index (χ1n) is 16.3. The Morgan fingerprint density at radius 1 is 0.532 bits per heavy atom. The van der Waals surface area contributed by atoms with E-state index in [-0.39, 0.29) is 27.0 Å². The molecule has 0 fully saturated rings. The molecule has 0 unspecified atom stereocenters. The fraction of sp³-hybridized carbons (Fsp3) is 0.636. The third-order valence-corrected chi connectivity index (χ3v) is 12.4. The average molecular weight is 759 g/mol. The third kappa shape index (κ3) is 24.2. The SMILES string of the molecule is CCCCCCCCCS(=O)(=O)Cc1ccccc1S(C)(=O)=O.CCCCCCCCCS(=O)(=O)Cl.CS(=O)(=O)c1ccccc1N. The standard InChI is InChI=1S/C17H28O4S2.C9H19ClO2S.C7H9NO2S/c1-3-4-5-6-7-8-11-14-23(20,21)15-16-12-9-10-13-17(16)22(2,18)19;1-2-3-4-5-6-7-8-9-13(10,11)12;1-11(9,10)7-5-3-2-4-6(7)8/h9-10,12-13H,3-8,11,14-15H2,1-2H3;2-9H2,1H3;2-5H,8H2,1H3. The summed E-state index contributed by atoms with van der Waals surface area (Å²) in [6, 6.07) is 12.7. The van der Waals surface area contributed by atoms with Gasteiger partial charge in [0.05, 0.1) is 32.7 Å². The van der Waals surface area contributed by atoms with Gasteiger partial charge in [-0.15, -0.1) is 0 Å². The van der Waals surface area contributed by atoms with Crippen LogP contribution in [-0.4, -0.2) is 57.7 Å². The van der Waals surface area contributed by atoms with Crippen LogP contribution in [0.25, 0.3) is 0 Å². The summed E-state index contributed by atoms with van der Waals surface area (Å²) in [4.78, 5) is 0.308. The van der Waals surface area contributed by atoms with Gasteiger partial charge in [-0.3, -0.25) is 0 Å². The van der Waals surface area contributed by atoms with Gasteiger partial charge >= 0.3 is 0 Å². The number of halogens is 1. The monoisotopic (exact) mass is 757 g/mol. The minimum Gasteiger partial charge on any atom is -0.398 e. The van der Waals surface area contributed by atoms with E-state index in [0.29, 0.717) is 24.1 Å². The van der Waals surface area contributed by atoms with E-state index in [9.17, 15) is 33.7 Å². The van der Waals surface area contributed by atoms with Crippen LogP contribution < -0.4 is 5.73 Å². The summed E-state index contributed by atoms with van der Waals surface area (Å²) in [5, 5.41) is 0. The molecule has 0 aromatic heterocycles. The van der Waals surface area contributed by atoms with Crippen molar-refractivity contribution in [1.82, 2.24) is 0 Å². The lowest BCUT2D eigenvalue weighted by Crippen LogP contribution is -2.12. The van der Waals surface area contributed by atoms with Crippen molar-refractivity contribution >= 4 is 54.9 Å². The quantitative estimate of drug-likeness (QED) is 0.0809. The minimum absolute atomic E-state index is 0.114. The first-order chi connectivity index (χ1) is 21.8. The first kappa shape index (κ1) is 45.3. The molecule has 2 aromatic rings. The van der Waals surface area contributed by atoms with Crippen molar-refractivity contribution in [3.05, 3.63) is 54.1 Å². The summed E-state index contributed by atoms with van der Waals surface area (Å²) in [7, 11) is -8.03. The number of para-hydroxylation sites is 1. The van der Waals surface area contributed by atoms with Crippen LogP contribution in [0.5, 0.6) is 0 Å². The Labute approximate surface area is 290 Å². The molecule has 0 saturated carbocycles. The molecule has 2 rings (SSSR count). The van der Waals surface area contributed by atoms with E-state index in [1.807, 2.05) is 0 Å². The summed E-state index contributed by atoms with van der Waals surface area (Å²) >= 11 is 0. The van der Waals surface area contributed by atoms with Crippen molar-refractivity contribution in [2.45, 2.75) is 119 Å². The van der Waals surface area contributed by atoms with Gasteiger partial charge in [-0.2, -0.15) is 0 Å². The fourth-order valence-corrected chi connectivity index (χ4v) is 8.87. The fourth-order valence-electron chi connectivity index (χ4n) is 4.62. The van der Waals surface area contributed by atoms with Gasteiger partial charge in [0.15, 0.2) is 29.5 Å². The van der Waals surface area contributed by atoms with Gasteiger partial charge in [-0.05, 0) is 36.6 Å². The lowest BCUT2D eigenvalue weighted by atomic mass is 10.1. The van der Waals surface area contributed by atoms with E-state index in [4.69, 9.17) is 16.4 Å². The smallest absolute Gasteiger partial charge is 0.232 e. The largest absolute Gasteiger partial charge is 0.398 e. The van der Waals surface area contributed by atoms with Crippen LogP contribution in [-0.2, 0) is 44.3 Å². The van der Waals surface area contributed by atoms with E-state index < -0.39 is 38.6 Å². The zero-order valence-electron chi connectivity index (χ0n) is 28.5. The molecule has 47 heavy (non-hydrogen) atoms. The van der Waals surface area contributed by atoms with Gasteiger partial charge in [0.25, 0.3) is 0 Å². The van der Waals surface area contributed by atoms with Gasteiger partial charge < -0.3 is 5.73 Å². The van der Waals surface area contributed by atoms with Gasteiger partial charge in [0, 0.05) is 23.2 Å². The van der Waals surface area contributed by atoms with Crippen LogP contribution in [0.2, 0.25) is 0 Å². The van der Waals surface area contributed by atoms with Crippen molar-refractivity contribution in [2.24, 2.45) is 0 Å². The molecular weight excluding hydrogens is 702 g/mol. The lowest BCUT2D eigenvalue weighted by molar-refractivity contribution is 0.578. The zero-order valence-corrected chi connectivity index (χ0v) is 32.5. The Morgan fingerprint density at radius 3 is 1.32 bits per heavy atom. The number of sulfone groups is 3. The van der Waals surface area contributed by atoms with Crippen LogP contribution >= 0.6 is 10.7 Å². The molecule has 14 heteroatoms.